The van der Waals surface area contributed by atoms with Crippen LogP contribution >= 0.6 is 22.7 Å². The standard InChI is InChI=1S/C21H24O4S2/c1-4-13(11-14-7-6-10-26-14)20-19(23)18(22)17(21(24)25-20)15(5-2)16-9-8-12(3)27-16/h6-10,13,15,20,22H,4-5,11H2,1-3H3. The van der Waals surface area contributed by atoms with Crippen LogP contribution in [0.2, 0.25) is 0 Å². The number of hydrogen-bond acceptors (Lipinski definition) is 6. The first kappa shape index (κ1) is 19.8. The van der Waals surface area contributed by atoms with Crippen LogP contribution in [0.5, 0.6) is 0 Å². The Hall–Kier alpha value is -1.92. The SMILES string of the molecule is CCC(C1=C(O)C(=O)C(C(CC)Cc2cccs2)OC1=O)c1ccc(C)s1. The molecule has 0 bridgehead atoms. The number of carbonyl (C=O) groups is 2. The number of Topliss-reactive ketones (excluding diaryl/α,β-unsaturated/α-hetero) is 1. The van der Waals surface area contributed by atoms with E-state index >= 15 is 0 Å². The minimum Gasteiger partial charge on any atom is -0.504 e. The van der Waals surface area contributed by atoms with Crippen LogP contribution in [0.15, 0.2) is 41.0 Å². The van der Waals surface area contributed by atoms with E-state index in [0.29, 0.717) is 19.3 Å². The highest BCUT2D eigenvalue weighted by atomic mass is 32.1. The van der Waals surface area contributed by atoms with Crippen molar-refractivity contribution in [2.24, 2.45) is 5.92 Å². The van der Waals surface area contributed by atoms with Crippen molar-refractivity contribution in [1.82, 2.24) is 0 Å². The van der Waals surface area contributed by atoms with Crippen molar-refractivity contribution in [1.29, 1.82) is 0 Å². The van der Waals surface area contributed by atoms with E-state index in [0.717, 1.165) is 14.6 Å². The molecule has 0 radical (unpaired) electrons. The van der Waals surface area contributed by atoms with Crippen molar-refractivity contribution in [3.63, 3.8) is 0 Å². The van der Waals surface area contributed by atoms with E-state index in [1.807, 2.05) is 50.4 Å². The number of ketones is 1. The van der Waals surface area contributed by atoms with Gasteiger partial charge in [0.1, 0.15) is 0 Å². The van der Waals surface area contributed by atoms with E-state index in [4.69, 9.17) is 4.74 Å². The lowest BCUT2D eigenvalue weighted by molar-refractivity contribution is -0.158. The second-order valence-corrected chi connectivity index (χ2v) is 9.17. The number of hydrogen-bond donors (Lipinski definition) is 1. The summed E-state index contributed by atoms with van der Waals surface area (Å²) in [5, 5.41) is 12.6. The Labute approximate surface area is 167 Å². The van der Waals surface area contributed by atoms with Crippen LogP contribution in [0.3, 0.4) is 0 Å². The van der Waals surface area contributed by atoms with Crippen molar-refractivity contribution < 1.29 is 19.4 Å². The molecule has 0 aliphatic carbocycles. The smallest absolute Gasteiger partial charge is 0.339 e. The Bertz CT molecular complexity index is 847. The highest BCUT2D eigenvalue weighted by Gasteiger charge is 2.43. The van der Waals surface area contributed by atoms with Crippen LogP contribution in [0.25, 0.3) is 0 Å². The number of aryl methyl sites for hydroxylation is 1. The molecule has 0 saturated carbocycles. The number of rotatable bonds is 7. The first-order valence-corrected chi connectivity index (χ1v) is 10.9. The van der Waals surface area contributed by atoms with Crippen molar-refractivity contribution in [2.75, 3.05) is 0 Å². The summed E-state index contributed by atoms with van der Waals surface area (Å²) in [7, 11) is 0. The Morgan fingerprint density at radius 3 is 2.52 bits per heavy atom. The molecule has 27 heavy (non-hydrogen) atoms. The molecule has 0 spiro atoms. The third kappa shape index (κ3) is 4.01. The molecule has 1 N–H and O–H groups in total. The summed E-state index contributed by atoms with van der Waals surface area (Å²) in [5.41, 5.74) is 0.103. The van der Waals surface area contributed by atoms with E-state index in [2.05, 4.69) is 0 Å². The average molecular weight is 405 g/mol. The molecule has 1 aliphatic heterocycles. The van der Waals surface area contributed by atoms with Gasteiger partial charge in [0.25, 0.3) is 0 Å². The van der Waals surface area contributed by atoms with Crippen molar-refractivity contribution in [3.8, 4) is 0 Å². The van der Waals surface area contributed by atoms with Gasteiger partial charge in [-0.1, -0.05) is 19.9 Å². The fraction of sp³-hybridized carbons (Fsp3) is 0.429. The first-order chi connectivity index (χ1) is 13.0. The van der Waals surface area contributed by atoms with Crippen LogP contribution in [0, 0.1) is 12.8 Å². The van der Waals surface area contributed by atoms with Gasteiger partial charge in [-0.25, -0.2) is 4.79 Å². The zero-order valence-corrected chi connectivity index (χ0v) is 17.4. The second kappa shape index (κ2) is 8.40. The van der Waals surface area contributed by atoms with Gasteiger partial charge in [0, 0.05) is 26.5 Å². The number of cyclic esters (lactones) is 1. The Balaban J connectivity index is 1.90. The number of ether oxygens (including phenoxy) is 1. The van der Waals surface area contributed by atoms with Gasteiger partial charge >= 0.3 is 5.97 Å². The van der Waals surface area contributed by atoms with Crippen molar-refractivity contribution in [2.45, 2.75) is 52.1 Å². The lowest BCUT2D eigenvalue weighted by atomic mass is 9.85. The normalized spacial score (nSPS) is 19.9. The van der Waals surface area contributed by atoms with E-state index in [9.17, 15) is 14.7 Å². The fourth-order valence-electron chi connectivity index (χ4n) is 3.55. The van der Waals surface area contributed by atoms with Crippen LogP contribution < -0.4 is 0 Å². The molecule has 0 fully saturated rings. The van der Waals surface area contributed by atoms with Gasteiger partial charge in [0.15, 0.2) is 11.9 Å². The maximum atomic E-state index is 12.9. The van der Waals surface area contributed by atoms with Crippen molar-refractivity contribution in [3.05, 3.63) is 55.6 Å². The fourth-order valence-corrected chi connectivity index (χ4v) is 5.43. The molecule has 3 atom stereocenters. The third-order valence-electron chi connectivity index (χ3n) is 5.06. The van der Waals surface area contributed by atoms with Crippen LogP contribution in [0.1, 0.15) is 47.2 Å². The molecule has 3 rings (SSSR count). The van der Waals surface area contributed by atoms with E-state index < -0.39 is 23.6 Å². The van der Waals surface area contributed by atoms with E-state index in [1.165, 1.54) is 0 Å². The summed E-state index contributed by atoms with van der Waals surface area (Å²) in [5.74, 6) is -1.93. The molecule has 4 nitrogen and oxygen atoms in total. The van der Waals surface area contributed by atoms with Crippen LogP contribution in [-0.4, -0.2) is 23.0 Å². The van der Waals surface area contributed by atoms with Crippen molar-refractivity contribution >= 4 is 34.4 Å². The molecule has 144 valence electrons. The molecule has 0 aromatic carbocycles. The zero-order chi connectivity index (χ0) is 19.6. The molecule has 0 amide bonds. The van der Waals surface area contributed by atoms with Gasteiger partial charge in [-0.15, -0.1) is 22.7 Å². The maximum absolute atomic E-state index is 12.9. The quantitative estimate of drug-likeness (QED) is 0.645. The number of esters is 1. The number of aliphatic hydroxyl groups is 1. The lowest BCUT2D eigenvalue weighted by Crippen LogP contribution is -2.42. The molecular weight excluding hydrogens is 380 g/mol. The summed E-state index contributed by atoms with van der Waals surface area (Å²) < 4.78 is 5.60. The highest BCUT2D eigenvalue weighted by Crippen LogP contribution is 2.38. The van der Waals surface area contributed by atoms with Gasteiger partial charge in [-0.3, -0.25) is 4.79 Å². The molecule has 3 unspecified atom stereocenters. The summed E-state index contributed by atoms with van der Waals surface area (Å²) in [6.07, 6.45) is 1.03. The first-order valence-electron chi connectivity index (χ1n) is 9.23. The molecular formula is C21H24O4S2. The van der Waals surface area contributed by atoms with Gasteiger partial charge in [-0.2, -0.15) is 0 Å². The monoisotopic (exact) mass is 404 g/mol. The largest absolute Gasteiger partial charge is 0.504 e. The van der Waals surface area contributed by atoms with Crippen LogP contribution in [-0.2, 0) is 20.7 Å². The van der Waals surface area contributed by atoms with E-state index in [1.54, 1.807) is 22.7 Å². The summed E-state index contributed by atoms with van der Waals surface area (Å²) in [6, 6.07) is 7.90. The third-order valence-corrected chi connectivity index (χ3v) is 7.07. The minimum atomic E-state index is -0.920. The lowest BCUT2D eigenvalue weighted by Gasteiger charge is -2.30. The molecule has 2 aromatic heterocycles. The topological polar surface area (TPSA) is 63.6 Å². The highest BCUT2D eigenvalue weighted by molar-refractivity contribution is 7.12. The maximum Gasteiger partial charge on any atom is 0.339 e. The summed E-state index contributed by atoms with van der Waals surface area (Å²) in [4.78, 5) is 28.9. The predicted molar refractivity (Wildman–Crippen MR) is 108 cm³/mol. The number of thiophene rings is 2. The number of aliphatic hydroxyl groups excluding tert-OH is 1. The van der Waals surface area contributed by atoms with Gasteiger partial charge in [0.2, 0.25) is 5.78 Å². The zero-order valence-electron chi connectivity index (χ0n) is 15.7. The summed E-state index contributed by atoms with van der Waals surface area (Å²) >= 11 is 3.19. The Kier molecular flexibility index (Phi) is 6.17. The number of carbonyl (C=O) groups excluding carboxylic acids is 2. The average Bonchev–Trinajstić information content (AvgIpc) is 3.31. The molecule has 6 heteroatoms. The Morgan fingerprint density at radius 1 is 1.19 bits per heavy atom. The second-order valence-electron chi connectivity index (χ2n) is 6.81. The predicted octanol–water partition coefficient (Wildman–Crippen LogP) is 5.19. The molecule has 3 heterocycles. The van der Waals surface area contributed by atoms with Gasteiger partial charge < -0.3 is 9.84 Å². The molecule has 2 aromatic rings. The Morgan fingerprint density at radius 2 is 1.96 bits per heavy atom. The van der Waals surface area contributed by atoms with Gasteiger partial charge in [0.05, 0.1) is 5.57 Å². The van der Waals surface area contributed by atoms with Gasteiger partial charge in [-0.05, 0) is 49.8 Å². The van der Waals surface area contributed by atoms with E-state index in [-0.39, 0.29) is 17.4 Å². The molecule has 1 aliphatic rings. The van der Waals surface area contributed by atoms with Crippen LogP contribution in [0.4, 0.5) is 0 Å². The minimum absolute atomic E-state index is 0.103. The molecule has 0 saturated heterocycles. The summed E-state index contributed by atoms with van der Waals surface area (Å²) in [6.45, 7) is 5.90.